The van der Waals surface area contributed by atoms with Crippen LogP contribution in [0, 0.1) is 13.8 Å². The number of hydrogen-bond donors (Lipinski definition) is 1. The number of aryl methyl sites for hydroxylation is 2. The molecule has 3 rings (SSSR count). The second kappa shape index (κ2) is 7.99. The molecule has 140 valence electrons. The lowest BCUT2D eigenvalue weighted by Crippen LogP contribution is -2.39. The van der Waals surface area contributed by atoms with Crippen molar-refractivity contribution < 1.29 is 9.32 Å². The summed E-state index contributed by atoms with van der Waals surface area (Å²) < 4.78 is 5.14. The van der Waals surface area contributed by atoms with Gasteiger partial charge in [0.2, 0.25) is 0 Å². The summed E-state index contributed by atoms with van der Waals surface area (Å²) >= 11 is 0. The Kier molecular flexibility index (Phi) is 5.49. The molecule has 0 bridgehead atoms. The Balaban J connectivity index is 1.60. The van der Waals surface area contributed by atoms with Gasteiger partial charge in [-0.25, -0.2) is 4.79 Å². The first-order valence-electron chi connectivity index (χ1n) is 8.78. The summed E-state index contributed by atoms with van der Waals surface area (Å²) in [5.74, 6) is 1.04. The second-order valence-corrected chi connectivity index (χ2v) is 6.64. The van der Waals surface area contributed by atoms with Gasteiger partial charge in [-0.1, -0.05) is 5.16 Å². The van der Waals surface area contributed by atoms with Crippen molar-refractivity contribution in [3.8, 4) is 11.5 Å². The Bertz CT molecular complexity index is 920. The van der Waals surface area contributed by atoms with Crippen LogP contribution in [0.2, 0.25) is 0 Å². The minimum Gasteiger partial charge on any atom is -0.334 e. The summed E-state index contributed by atoms with van der Waals surface area (Å²) in [4.78, 5) is 22.8. The minimum atomic E-state index is -0.170. The van der Waals surface area contributed by atoms with Crippen molar-refractivity contribution in [1.29, 1.82) is 0 Å². The van der Waals surface area contributed by atoms with Crippen molar-refractivity contribution in [2.75, 3.05) is 12.4 Å². The number of nitrogens with one attached hydrogen (secondary N) is 1. The standard InChI is InChI=1S/C20H23N5O2/c1-13-9-10-21-18(11-13)12-14(2)25(4)20(26)23-17-7-5-16(6-8-17)19-22-15(3)24-27-19/h5-11,14H,12H2,1-4H3,(H,23,26). The molecule has 0 aliphatic heterocycles. The van der Waals surface area contributed by atoms with E-state index in [0.29, 0.717) is 23.8 Å². The zero-order valence-electron chi connectivity index (χ0n) is 15.9. The maximum atomic E-state index is 12.5. The lowest BCUT2D eigenvalue weighted by atomic mass is 10.1. The van der Waals surface area contributed by atoms with Crippen LogP contribution >= 0.6 is 0 Å². The number of likely N-dealkylation sites (N-methyl/N-ethyl adjacent to an activating group) is 1. The molecule has 0 saturated heterocycles. The van der Waals surface area contributed by atoms with E-state index in [1.807, 2.05) is 50.2 Å². The fourth-order valence-electron chi connectivity index (χ4n) is 2.67. The van der Waals surface area contributed by atoms with Gasteiger partial charge in [0, 0.05) is 42.7 Å². The first-order chi connectivity index (χ1) is 12.9. The zero-order valence-corrected chi connectivity index (χ0v) is 15.9. The Morgan fingerprint density at radius 1 is 1.22 bits per heavy atom. The van der Waals surface area contributed by atoms with Gasteiger partial charge in [-0.3, -0.25) is 4.98 Å². The molecule has 3 aromatic rings. The van der Waals surface area contributed by atoms with Gasteiger partial charge in [0.25, 0.3) is 5.89 Å². The number of anilines is 1. The number of hydrogen-bond acceptors (Lipinski definition) is 5. The number of carbonyl (C=O) groups excluding carboxylic acids is 1. The summed E-state index contributed by atoms with van der Waals surface area (Å²) in [7, 11) is 1.78. The number of nitrogens with zero attached hydrogens (tertiary/aromatic N) is 4. The molecule has 2 aromatic heterocycles. The molecule has 0 spiro atoms. The normalized spacial score (nSPS) is 11.9. The number of urea groups is 1. The van der Waals surface area contributed by atoms with E-state index in [1.165, 1.54) is 0 Å². The Morgan fingerprint density at radius 2 is 1.96 bits per heavy atom. The number of carbonyl (C=O) groups is 1. The van der Waals surface area contributed by atoms with Crippen molar-refractivity contribution in [2.45, 2.75) is 33.2 Å². The highest BCUT2D eigenvalue weighted by Gasteiger charge is 2.17. The predicted molar refractivity (Wildman–Crippen MR) is 103 cm³/mol. The van der Waals surface area contributed by atoms with Gasteiger partial charge in [0.15, 0.2) is 5.82 Å². The number of amides is 2. The quantitative estimate of drug-likeness (QED) is 0.742. The molecule has 1 aromatic carbocycles. The van der Waals surface area contributed by atoms with Gasteiger partial charge in [-0.05, 0) is 62.7 Å². The molecule has 0 aliphatic carbocycles. The number of rotatable bonds is 5. The van der Waals surface area contributed by atoms with Crippen LogP contribution in [0.15, 0.2) is 47.1 Å². The van der Waals surface area contributed by atoms with E-state index in [9.17, 15) is 4.79 Å². The highest BCUT2D eigenvalue weighted by molar-refractivity contribution is 5.89. The topological polar surface area (TPSA) is 84.2 Å². The van der Waals surface area contributed by atoms with Crippen LogP contribution in [0.4, 0.5) is 10.5 Å². The second-order valence-electron chi connectivity index (χ2n) is 6.64. The first-order valence-corrected chi connectivity index (χ1v) is 8.78. The molecule has 1 atom stereocenters. The van der Waals surface area contributed by atoms with E-state index < -0.39 is 0 Å². The summed E-state index contributed by atoms with van der Waals surface area (Å²) in [6.07, 6.45) is 2.49. The maximum absolute atomic E-state index is 12.5. The molecular weight excluding hydrogens is 342 g/mol. The van der Waals surface area contributed by atoms with Crippen molar-refractivity contribution >= 4 is 11.7 Å². The maximum Gasteiger partial charge on any atom is 0.321 e. The molecule has 0 fully saturated rings. The lowest BCUT2D eigenvalue weighted by molar-refractivity contribution is 0.207. The molecule has 27 heavy (non-hydrogen) atoms. The molecule has 7 nitrogen and oxygen atoms in total. The van der Waals surface area contributed by atoms with Crippen LogP contribution in [0.3, 0.4) is 0 Å². The first kappa shape index (κ1) is 18.6. The number of benzene rings is 1. The summed E-state index contributed by atoms with van der Waals surface area (Å²) in [5, 5.41) is 6.68. The van der Waals surface area contributed by atoms with E-state index in [-0.39, 0.29) is 12.1 Å². The molecular formula is C20H23N5O2. The molecule has 2 amide bonds. The fraction of sp³-hybridized carbons (Fsp3) is 0.300. The zero-order chi connectivity index (χ0) is 19.4. The summed E-state index contributed by atoms with van der Waals surface area (Å²) in [6, 6.07) is 11.1. The van der Waals surface area contributed by atoms with Crippen molar-refractivity contribution in [2.24, 2.45) is 0 Å². The van der Waals surface area contributed by atoms with E-state index in [4.69, 9.17) is 4.52 Å². The molecule has 0 saturated carbocycles. The van der Waals surface area contributed by atoms with Crippen molar-refractivity contribution in [3.63, 3.8) is 0 Å². The average molecular weight is 365 g/mol. The predicted octanol–water partition coefficient (Wildman–Crippen LogP) is 3.84. The Labute approximate surface area is 158 Å². The van der Waals surface area contributed by atoms with E-state index in [1.54, 1.807) is 25.1 Å². The third-order valence-electron chi connectivity index (χ3n) is 4.37. The molecule has 7 heteroatoms. The van der Waals surface area contributed by atoms with Crippen LogP contribution in [0.5, 0.6) is 0 Å². The van der Waals surface area contributed by atoms with Crippen LogP contribution in [-0.2, 0) is 6.42 Å². The van der Waals surface area contributed by atoms with E-state index in [0.717, 1.165) is 16.8 Å². The monoisotopic (exact) mass is 365 g/mol. The van der Waals surface area contributed by atoms with Gasteiger partial charge >= 0.3 is 6.03 Å². The van der Waals surface area contributed by atoms with Crippen molar-refractivity contribution in [3.05, 3.63) is 59.7 Å². The van der Waals surface area contributed by atoms with Gasteiger partial charge < -0.3 is 14.7 Å². The highest BCUT2D eigenvalue weighted by atomic mass is 16.5. The van der Waals surface area contributed by atoms with Crippen LogP contribution < -0.4 is 5.32 Å². The van der Waals surface area contributed by atoms with Crippen LogP contribution in [0.1, 0.15) is 24.0 Å². The third kappa shape index (κ3) is 4.69. The van der Waals surface area contributed by atoms with Crippen LogP contribution in [-0.4, -0.2) is 39.1 Å². The smallest absolute Gasteiger partial charge is 0.321 e. The number of aromatic nitrogens is 3. The van der Waals surface area contributed by atoms with Crippen LogP contribution in [0.25, 0.3) is 11.5 Å². The number of pyridine rings is 1. The van der Waals surface area contributed by atoms with Gasteiger partial charge in [-0.15, -0.1) is 0 Å². The molecule has 0 radical (unpaired) electrons. The highest BCUT2D eigenvalue weighted by Crippen LogP contribution is 2.20. The van der Waals surface area contributed by atoms with E-state index >= 15 is 0 Å². The third-order valence-corrected chi connectivity index (χ3v) is 4.37. The van der Waals surface area contributed by atoms with Crippen molar-refractivity contribution in [1.82, 2.24) is 20.0 Å². The van der Waals surface area contributed by atoms with E-state index in [2.05, 4.69) is 20.4 Å². The molecule has 2 heterocycles. The summed E-state index contributed by atoms with van der Waals surface area (Å²) in [6.45, 7) is 5.81. The lowest BCUT2D eigenvalue weighted by Gasteiger charge is -2.25. The molecule has 1 unspecified atom stereocenters. The Morgan fingerprint density at radius 3 is 2.59 bits per heavy atom. The summed E-state index contributed by atoms with van der Waals surface area (Å²) in [5.41, 5.74) is 3.64. The van der Waals surface area contributed by atoms with Gasteiger partial charge in [0.1, 0.15) is 0 Å². The molecule has 1 N–H and O–H groups in total. The fourth-order valence-corrected chi connectivity index (χ4v) is 2.67. The largest absolute Gasteiger partial charge is 0.334 e. The molecule has 0 aliphatic rings. The van der Waals surface area contributed by atoms with Gasteiger partial charge in [0.05, 0.1) is 0 Å². The average Bonchev–Trinajstić information content (AvgIpc) is 3.08. The Hall–Kier alpha value is -3.22. The minimum absolute atomic E-state index is 0.0138. The van der Waals surface area contributed by atoms with Gasteiger partial charge in [-0.2, -0.15) is 4.98 Å². The SMILES string of the molecule is Cc1ccnc(CC(C)N(C)C(=O)Nc2ccc(-c3nc(C)no3)cc2)c1.